The van der Waals surface area contributed by atoms with Crippen molar-refractivity contribution < 1.29 is 27.8 Å². The Labute approximate surface area is 182 Å². The number of halogens is 2. The Kier molecular flexibility index (Phi) is 8.00. The molecular weight excluding hydrogens is 424 g/mol. The van der Waals surface area contributed by atoms with Crippen molar-refractivity contribution >= 4 is 29.3 Å². The molecule has 0 fully saturated rings. The number of hydrogen-bond donors (Lipinski definition) is 1. The van der Waals surface area contributed by atoms with Crippen LogP contribution in [0.5, 0.6) is 5.75 Å². The Hall–Kier alpha value is -3.39. The predicted molar refractivity (Wildman–Crippen MR) is 114 cm³/mol. The molecule has 8 heteroatoms. The maximum absolute atomic E-state index is 12.8. The van der Waals surface area contributed by atoms with Crippen LogP contribution < -0.4 is 10.1 Å². The van der Waals surface area contributed by atoms with E-state index in [9.17, 15) is 18.4 Å². The van der Waals surface area contributed by atoms with Crippen LogP contribution in [0.25, 0.3) is 0 Å². The summed E-state index contributed by atoms with van der Waals surface area (Å²) in [6.07, 6.45) is 0. The van der Waals surface area contributed by atoms with E-state index < -0.39 is 30.3 Å². The van der Waals surface area contributed by atoms with E-state index in [0.29, 0.717) is 0 Å². The summed E-state index contributed by atoms with van der Waals surface area (Å²) in [5.74, 6) is -1.44. The maximum Gasteiger partial charge on any atom is 0.387 e. The van der Waals surface area contributed by atoms with E-state index in [4.69, 9.17) is 4.74 Å². The molecule has 1 unspecified atom stereocenters. The Morgan fingerprint density at radius 2 is 1.48 bits per heavy atom. The summed E-state index contributed by atoms with van der Waals surface area (Å²) in [7, 11) is 0. The zero-order chi connectivity index (χ0) is 22.1. The van der Waals surface area contributed by atoms with Crippen LogP contribution in [0.2, 0.25) is 0 Å². The molecule has 0 saturated heterocycles. The normalized spacial score (nSPS) is 11.6. The van der Waals surface area contributed by atoms with Gasteiger partial charge in [0.05, 0.1) is 5.69 Å². The summed E-state index contributed by atoms with van der Waals surface area (Å²) >= 11 is 1.31. The second kappa shape index (κ2) is 11.1. The van der Waals surface area contributed by atoms with Gasteiger partial charge in [0.25, 0.3) is 5.91 Å². The summed E-state index contributed by atoms with van der Waals surface area (Å²) in [5, 5.41) is 1.74. The first kappa shape index (κ1) is 22.3. The molecule has 0 aliphatic carbocycles. The van der Waals surface area contributed by atoms with Crippen LogP contribution in [-0.2, 0) is 14.3 Å². The van der Waals surface area contributed by atoms with Crippen LogP contribution in [0, 0.1) is 0 Å². The molecule has 0 aliphatic rings. The molecule has 3 aromatic rings. The molecule has 3 aromatic carbocycles. The SMILES string of the molecule is O=C(COC(=O)C(Sc1ccccc1)c1ccccc1)Nc1ccccc1OC(F)F. The number of esters is 1. The molecule has 160 valence electrons. The molecule has 5 nitrogen and oxygen atoms in total. The Balaban J connectivity index is 1.65. The minimum absolute atomic E-state index is 0.0575. The minimum Gasteiger partial charge on any atom is -0.454 e. The number of nitrogens with one attached hydrogen (secondary N) is 1. The van der Waals surface area contributed by atoms with Crippen molar-refractivity contribution in [1.29, 1.82) is 0 Å². The van der Waals surface area contributed by atoms with E-state index in [1.165, 1.54) is 30.0 Å². The van der Waals surface area contributed by atoms with E-state index in [1.807, 2.05) is 48.5 Å². The number of rotatable bonds is 9. The van der Waals surface area contributed by atoms with Gasteiger partial charge in [-0.25, -0.2) is 0 Å². The molecule has 3 rings (SSSR count). The van der Waals surface area contributed by atoms with Gasteiger partial charge < -0.3 is 14.8 Å². The number of benzene rings is 3. The summed E-state index contributed by atoms with van der Waals surface area (Å²) in [6.45, 7) is -3.60. The van der Waals surface area contributed by atoms with Crippen LogP contribution in [0.3, 0.4) is 0 Å². The first-order valence-electron chi connectivity index (χ1n) is 9.30. The third-order valence-electron chi connectivity index (χ3n) is 4.04. The lowest BCUT2D eigenvalue weighted by molar-refractivity contribution is -0.146. The van der Waals surface area contributed by atoms with Gasteiger partial charge in [-0.2, -0.15) is 8.78 Å². The monoisotopic (exact) mass is 443 g/mol. The van der Waals surface area contributed by atoms with Gasteiger partial charge in [-0.3, -0.25) is 9.59 Å². The zero-order valence-electron chi connectivity index (χ0n) is 16.2. The Morgan fingerprint density at radius 3 is 2.16 bits per heavy atom. The highest BCUT2D eigenvalue weighted by Gasteiger charge is 2.24. The van der Waals surface area contributed by atoms with E-state index >= 15 is 0 Å². The molecule has 1 N–H and O–H groups in total. The topological polar surface area (TPSA) is 64.6 Å². The largest absolute Gasteiger partial charge is 0.454 e. The number of para-hydroxylation sites is 2. The number of hydrogen-bond acceptors (Lipinski definition) is 5. The second-order valence-corrected chi connectivity index (χ2v) is 7.43. The van der Waals surface area contributed by atoms with Crippen molar-refractivity contribution in [3.63, 3.8) is 0 Å². The molecule has 0 aromatic heterocycles. The van der Waals surface area contributed by atoms with Gasteiger partial charge in [-0.15, -0.1) is 11.8 Å². The van der Waals surface area contributed by atoms with Crippen LogP contribution in [0.1, 0.15) is 10.8 Å². The zero-order valence-corrected chi connectivity index (χ0v) is 17.1. The fourth-order valence-electron chi connectivity index (χ4n) is 2.68. The highest BCUT2D eigenvalue weighted by Crippen LogP contribution is 2.36. The van der Waals surface area contributed by atoms with Crippen molar-refractivity contribution in [2.75, 3.05) is 11.9 Å². The lowest BCUT2D eigenvalue weighted by Gasteiger charge is -2.16. The smallest absolute Gasteiger partial charge is 0.387 e. The second-order valence-electron chi connectivity index (χ2n) is 6.25. The molecule has 31 heavy (non-hydrogen) atoms. The van der Waals surface area contributed by atoms with Gasteiger partial charge in [-0.1, -0.05) is 60.7 Å². The average Bonchev–Trinajstić information content (AvgIpc) is 2.78. The molecular formula is C23H19F2NO4S. The number of anilines is 1. The molecule has 1 atom stereocenters. The van der Waals surface area contributed by atoms with Crippen molar-refractivity contribution in [3.05, 3.63) is 90.5 Å². The number of alkyl halides is 2. The quantitative estimate of drug-likeness (QED) is 0.359. The number of carbonyl (C=O) groups excluding carboxylic acids is 2. The summed E-state index contributed by atoms with van der Waals surface area (Å²) < 4.78 is 34.6. The average molecular weight is 443 g/mol. The lowest BCUT2D eigenvalue weighted by Crippen LogP contribution is -2.23. The molecule has 0 aliphatic heterocycles. The van der Waals surface area contributed by atoms with Crippen molar-refractivity contribution in [3.8, 4) is 5.75 Å². The highest BCUT2D eigenvalue weighted by molar-refractivity contribution is 8.00. The molecule has 0 saturated carbocycles. The third-order valence-corrected chi connectivity index (χ3v) is 5.28. The fourth-order valence-corrected chi connectivity index (χ4v) is 3.73. The number of ether oxygens (including phenoxy) is 2. The molecule has 0 spiro atoms. The van der Waals surface area contributed by atoms with Gasteiger partial charge in [0.1, 0.15) is 11.0 Å². The van der Waals surface area contributed by atoms with Gasteiger partial charge in [0.2, 0.25) is 0 Å². The fraction of sp³-hybridized carbons (Fsp3) is 0.130. The Morgan fingerprint density at radius 1 is 0.871 bits per heavy atom. The first-order valence-corrected chi connectivity index (χ1v) is 10.2. The van der Waals surface area contributed by atoms with Gasteiger partial charge in [0.15, 0.2) is 6.61 Å². The lowest BCUT2D eigenvalue weighted by atomic mass is 10.1. The number of carbonyl (C=O) groups is 2. The third kappa shape index (κ3) is 6.82. The van der Waals surface area contributed by atoms with E-state index in [-0.39, 0.29) is 11.4 Å². The van der Waals surface area contributed by atoms with Crippen LogP contribution in [0.4, 0.5) is 14.5 Å². The van der Waals surface area contributed by atoms with E-state index in [1.54, 1.807) is 18.2 Å². The van der Waals surface area contributed by atoms with E-state index in [2.05, 4.69) is 10.1 Å². The van der Waals surface area contributed by atoms with Gasteiger partial charge >= 0.3 is 12.6 Å². The number of thioether (sulfide) groups is 1. The minimum atomic E-state index is -3.03. The van der Waals surface area contributed by atoms with Gasteiger partial charge in [0, 0.05) is 4.90 Å². The maximum atomic E-state index is 12.8. The van der Waals surface area contributed by atoms with Crippen molar-refractivity contribution in [2.24, 2.45) is 0 Å². The first-order chi connectivity index (χ1) is 15.0. The molecule has 1 amide bonds. The Bertz CT molecular complexity index is 1000. The molecule has 0 bridgehead atoms. The van der Waals surface area contributed by atoms with Crippen LogP contribution in [-0.4, -0.2) is 25.1 Å². The highest BCUT2D eigenvalue weighted by atomic mass is 32.2. The summed E-state index contributed by atoms with van der Waals surface area (Å²) in [4.78, 5) is 25.9. The van der Waals surface area contributed by atoms with E-state index in [0.717, 1.165) is 10.5 Å². The predicted octanol–water partition coefficient (Wildman–Crippen LogP) is 5.30. The number of amides is 1. The van der Waals surface area contributed by atoms with Crippen molar-refractivity contribution in [1.82, 2.24) is 0 Å². The standard InChI is InChI=1S/C23H19F2NO4S/c24-23(25)30-19-14-8-7-13-18(19)26-20(27)15-29-22(28)21(16-9-3-1-4-10-16)31-17-11-5-2-6-12-17/h1-14,21,23H,15H2,(H,26,27). The van der Waals surface area contributed by atoms with Crippen molar-refractivity contribution in [2.45, 2.75) is 16.8 Å². The van der Waals surface area contributed by atoms with Gasteiger partial charge in [-0.05, 0) is 29.8 Å². The summed E-state index contributed by atoms with van der Waals surface area (Å²) in [5.41, 5.74) is 0.791. The molecule has 0 heterocycles. The van der Waals surface area contributed by atoms with Crippen LogP contribution >= 0.6 is 11.8 Å². The van der Waals surface area contributed by atoms with Crippen LogP contribution in [0.15, 0.2) is 89.8 Å². The summed E-state index contributed by atoms with van der Waals surface area (Å²) in [6, 6.07) is 24.2. The molecule has 0 radical (unpaired) electrons.